The van der Waals surface area contributed by atoms with Crippen molar-refractivity contribution in [1.29, 1.82) is 0 Å². The van der Waals surface area contributed by atoms with Crippen molar-refractivity contribution in [3.63, 3.8) is 0 Å². The Hall–Kier alpha value is -2.96. The number of aromatic nitrogens is 1. The number of aliphatic imine (C=N–C) groups is 1. The number of allylic oxidation sites excluding steroid dienone is 2. The lowest BCUT2D eigenvalue weighted by molar-refractivity contribution is 0.143. The number of ether oxygens (including phenoxy) is 1. The van der Waals surface area contributed by atoms with Gasteiger partial charge in [0.2, 0.25) is 0 Å². The van der Waals surface area contributed by atoms with Crippen LogP contribution in [-0.2, 0) is 11.3 Å². The van der Waals surface area contributed by atoms with Gasteiger partial charge in [-0.1, -0.05) is 41.9 Å². The molecule has 3 rings (SSSR count). The fourth-order valence-electron chi connectivity index (χ4n) is 3.46. The molecule has 35 heavy (non-hydrogen) atoms. The summed E-state index contributed by atoms with van der Waals surface area (Å²) in [4.78, 5) is 14.6. The van der Waals surface area contributed by atoms with Crippen LogP contribution in [0.3, 0.4) is 0 Å². The molecule has 0 unspecified atom stereocenters. The van der Waals surface area contributed by atoms with Gasteiger partial charge in [0.15, 0.2) is 5.13 Å². The summed E-state index contributed by atoms with van der Waals surface area (Å²) in [6, 6.07) is 7.74. The van der Waals surface area contributed by atoms with E-state index in [0.717, 1.165) is 59.3 Å². The van der Waals surface area contributed by atoms with E-state index in [2.05, 4.69) is 45.2 Å². The molecule has 2 aromatic rings. The van der Waals surface area contributed by atoms with E-state index in [1.165, 1.54) is 0 Å². The summed E-state index contributed by atoms with van der Waals surface area (Å²) in [6.45, 7) is 12.0. The van der Waals surface area contributed by atoms with Gasteiger partial charge in [-0.25, -0.2) is 4.98 Å². The van der Waals surface area contributed by atoms with Crippen molar-refractivity contribution < 1.29 is 9.84 Å². The molecule has 186 valence electrons. The van der Waals surface area contributed by atoms with Gasteiger partial charge in [0.25, 0.3) is 0 Å². The molecule has 1 aliphatic heterocycles. The highest BCUT2D eigenvalue weighted by Gasteiger charge is 2.16. The van der Waals surface area contributed by atoms with Crippen LogP contribution < -0.4 is 10.6 Å². The van der Waals surface area contributed by atoms with Crippen molar-refractivity contribution in [3.05, 3.63) is 64.9 Å². The number of thiazole rings is 1. The number of rotatable bonds is 8. The molecule has 7 nitrogen and oxygen atoms in total. The maximum Gasteiger partial charge on any atom is 0.185 e. The molecule has 1 saturated heterocycles. The van der Waals surface area contributed by atoms with E-state index in [1.54, 1.807) is 31.4 Å². The normalized spacial score (nSPS) is 15.6. The van der Waals surface area contributed by atoms with Crippen molar-refractivity contribution in [2.75, 3.05) is 44.8 Å². The van der Waals surface area contributed by atoms with Gasteiger partial charge in [0.05, 0.1) is 11.5 Å². The van der Waals surface area contributed by atoms with Gasteiger partial charge in [-0.2, -0.15) is 0 Å². The summed E-state index contributed by atoms with van der Waals surface area (Å²) >= 11 is 1.64. The first-order valence-electron chi connectivity index (χ1n) is 11.7. The molecule has 0 spiro atoms. The van der Waals surface area contributed by atoms with Crippen molar-refractivity contribution in [2.24, 2.45) is 10.7 Å². The highest BCUT2D eigenvalue weighted by atomic mass is 32.1. The van der Waals surface area contributed by atoms with Crippen LogP contribution in [0.15, 0.2) is 53.9 Å². The van der Waals surface area contributed by atoms with Gasteiger partial charge >= 0.3 is 0 Å². The third-order valence-electron chi connectivity index (χ3n) is 5.28. The van der Waals surface area contributed by atoms with Crippen LogP contribution in [0.5, 0.6) is 0 Å². The lowest BCUT2D eigenvalue weighted by atomic mass is 10.1. The minimum absolute atomic E-state index is 0.202. The average Bonchev–Trinajstić information content (AvgIpc) is 3.21. The minimum Gasteiger partial charge on any atom is -0.490 e. The average molecular weight is 494 g/mol. The standard InChI is InChI=1S/C27H35N5O2S/c1-21(34-19-23-8-5-7-22(16-23)9-10-27(2,3)33)15-24(17-29-20-28)25-18-30-26(35-25)32-12-6-11-31(4)13-14-32/h5,7-8,15-18,33H,1,6,11-14,19-20,28H2,2-4H3/b24-15+,29-17?. The second-order valence-electron chi connectivity index (χ2n) is 9.01. The SMILES string of the molecule is C=C(/C=C(\C=NCN)c1cnc(N2CCCN(C)CC2)s1)OCc1cccc(C#CC(C)(C)O)c1. The van der Waals surface area contributed by atoms with Crippen LogP contribution in [0.25, 0.3) is 5.57 Å². The van der Waals surface area contributed by atoms with Crippen molar-refractivity contribution in [2.45, 2.75) is 32.5 Å². The largest absolute Gasteiger partial charge is 0.490 e. The molecule has 0 atom stereocenters. The smallest absolute Gasteiger partial charge is 0.185 e. The van der Waals surface area contributed by atoms with E-state index in [0.29, 0.717) is 12.4 Å². The Labute approximate surface area is 212 Å². The zero-order chi connectivity index (χ0) is 25.3. The van der Waals surface area contributed by atoms with Crippen LogP contribution in [0, 0.1) is 11.8 Å². The van der Waals surface area contributed by atoms with Crippen molar-refractivity contribution in [3.8, 4) is 11.8 Å². The highest BCUT2D eigenvalue weighted by Crippen LogP contribution is 2.29. The zero-order valence-corrected chi connectivity index (χ0v) is 21.6. The summed E-state index contributed by atoms with van der Waals surface area (Å²) < 4.78 is 5.92. The number of likely N-dealkylation sites (N-methyl/N-ethyl adjacent to an activating group) is 1. The van der Waals surface area contributed by atoms with E-state index < -0.39 is 5.60 Å². The second kappa shape index (κ2) is 12.7. The number of hydrogen-bond donors (Lipinski definition) is 2. The Morgan fingerprint density at radius 1 is 1.34 bits per heavy atom. The summed E-state index contributed by atoms with van der Waals surface area (Å²) in [5.74, 6) is 6.34. The van der Waals surface area contributed by atoms with Crippen molar-refractivity contribution >= 4 is 28.3 Å². The molecular formula is C27H35N5O2S. The van der Waals surface area contributed by atoms with E-state index >= 15 is 0 Å². The maximum absolute atomic E-state index is 9.82. The van der Waals surface area contributed by atoms with Gasteiger partial charge < -0.3 is 25.4 Å². The fraction of sp³-hybridized carbons (Fsp3) is 0.407. The lowest BCUT2D eigenvalue weighted by Gasteiger charge is -2.19. The molecule has 0 amide bonds. The zero-order valence-electron chi connectivity index (χ0n) is 20.8. The van der Waals surface area contributed by atoms with Gasteiger partial charge in [-0.05, 0) is 57.6 Å². The lowest BCUT2D eigenvalue weighted by Crippen LogP contribution is -2.28. The van der Waals surface area contributed by atoms with Gasteiger partial charge in [-0.3, -0.25) is 4.99 Å². The fourth-order valence-corrected chi connectivity index (χ4v) is 4.41. The van der Waals surface area contributed by atoms with E-state index in [4.69, 9.17) is 10.5 Å². The molecular weight excluding hydrogens is 458 g/mol. The Morgan fingerprint density at radius 3 is 2.94 bits per heavy atom. The van der Waals surface area contributed by atoms with Gasteiger partial charge in [-0.15, -0.1) is 0 Å². The highest BCUT2D eigenvalue weighted by molar-refractivity contribution is 7.16. The Balaban J connectivity index is 1.69. The number of benzene rings is 1. The number of nitrogens with zero attached hydrogens (tertiary/aromatic N) is 4. The Morgan fingerprint density at radius 2 is 2.17 bits per heavy atom. The summed E-state index contributed by atoms with van der Waals surface area (Å²) in [5.41, 5.74) is 7.22. The molecule has 0 radical (unpaired) electrons. The number of nitrogens with two attached hydrogens (primary N) is 1. The van der Waals surface area contributed by atoms with Gasteiger partial charge in [0.1, 0.15) is 18.0 Å². The van der Waals surface area contributed by atoms with E-state index in [-0.39, 0.29) is 6.67 Å². The predicted molar refractivity (Wildman–Crippen MR) is 146 cm³/mol. The van der Waals surface area contributed by atoms with Crippen LogP contribution in [0.4, 0.5) is 5.13 Å². The van der Waals surface area contributed by atoms with Crippen LogP contribution >= 0.6 is 11.3 Å². The van der Waals surface area contributed by atoms with Crippen LogP contribution in [-0.4, -0.2) is 66.7 Å². The van der Waals surface area contributed by atoms with E-state index in [9.17, 15) is 5.11 Å². The second-order valence-corrected chi connectivity index (χ2v) is 10.0. The first-order chi connectivity index (χ1) is 16.7. The molecule has 1 aromatic carbocycles. The third-order valence-corrected chi connectivity index (χ3v) is 6.39. The molecule has 2 heterocycles. The van der Waals surface area contributed by atoms with Crippen LogP contribution in [0.1, 0.15) is 36.3 Å². The van der Waals surface area contributed by atoms with Crippen LogP contribution in [0.2, 0.25) is 0 Å². The number of aliphatic hydroxyl groups is 1. The van der Waals surface area contributed by atoms with E-state index in [1.807, 2.05) is 36.5 Å². The summed E-state index contributed by atoms with van der Waals surface area (Å²) in [7, 11) is 2.16. The minimum atomic E-state index is -1.03. The first kappa shape index (κ1) is 26.6. The predicted octanol–water partition coefficient (Wildman–Crippen LogP) is 3.51. The molecule has 0 aliphatic carbocycles. The molecule has 1 fully saturated rings. The maximum atomic E-state index is 9.82. The molecule has 0 saturated carbocycles. The quantitative estimate of drug-likeness (QED) is 0.253. The molecule has 3 N–H and O–H groups in total. The third kappa shape index (κ3) is 8.96. The number of hydrogen-bond acceptors (Lipinski definition) is 8. The van der Waals surface area contributed by atoms with Crippen molar-refractivity contribution in [1.82, 2.24) is 9.88 Å². The topological polar surface area (TPSA) is 87.2 Å². The first-order valence-corrected chi connectivity index (χ1v) is 12.5. The molecule has 8 heteroatoms. The van der Waals surface area contributed by atoms with Gasteiger partial charge in [0, 0.05) is 43.2 Å². The monoisotopic (exact) mass is 493 g/mol. The molecule has 1 aliphatic rings. The molecule has 0 bridgehead atoms. The summed E-state index contributed by atoms with van der Waals surface area (Å²) in [5, 5.41) is 10.8. The number of anilines is 1. The Bertz CT molecular complexity index is 1120. The summed E-state index contributed by atoms with van der Waals surface area (Å²) in [6.07, 6.45) is 6.61. The Kier molecular flexibility index (Phi) is 9.64. The molecule has 1 aromatic heterocycles.